The van der Waals surface area contributed by atoms with Gasteiger partial charge in [0.25, 0.3) is 5.89 Å². The van der Waals surface area contributed by atoms with Crippen LogP contribution in [0.3, 0.4) is 0 Å². The zero-order valence-corrected chi connectivity index (χ0v) is 10.2. The van der Waals surface area contributed by atoms with Gasteiger partial charge < -0.3 is 9.84 Å². The number of rotatable bonds is 3. The number of hydrogen-bond acceptors (Lipinski definition) is 5. The van der Waals surface area contributed by atoms with E-state index in [1.807, 2.05) is 0 Å². The van der Waals surface area contributed by atoms with Crippen LogP contribution in [0.25, 0.3) is 12.2 Å². The Morgan fingerprint density at radius 3 is 3.11 bits per heavy atom. The molecule has 1 N–H and O–H groups in total. The van der Waals surface area contributed by atoms with Gasteiger partial charge in [-0.1, -0.05) is 5.16 Å². The van der Waals surface area contributed by atoms with Crippen LogP contribution in [0.5, 0.6) is 0 Å². The fourth-order valence-corrected chi connectivity index (χ4v) is 2.05. The van der Waals surface area contributed by atoms with Crippen LogP contribution >= 0.6 is 0 Å². The lowest BCUT2D eigenvalue weighted by molar-refractivity contribution is 0.395. The lowest BCUT2D eigenvalue weighted by Gasteiger charge is -2.01. The second kappa shape index (κ2) is 5.27. The van der Waals surface area contributed by atoms with E-state index in [0.29, 0.717) is 17.3 Å². The van der Waals surface area contributed by atoms with Crippen LogP contribution in [-0.2, 0) is 0 Å². The minimum Gasteiger partial charge on any atom is -0.335 e. The minimum absolute atomic E-state index is 0.182. The van der Waals surface area contributed by atoms with Crippen molar-refractivity contribution in [3.05, 3.63) is 41.6 Å². The highest BCUT2D eigenvalue weighted by Crippen LogP contribution is 2.20. The van der Waals surface area contributed by atoms with Gasteiger partial charge in [0.1, 0.15) is 5.82 Å². The van der Waals surface area contributed by atoms with Crippen molar-refractivity contribution < 1.29 is 8.91 Å². The summed E-state index contributed by atoms with van der Waals surface area (Å²) in [6.07, 6.45) is 8.22. The predicted molar refractivity (Wildman–Crippen MR) is 67.4 cm³/mol. The summed E-state index contributed by atoms with van der Waals surface area (Å²) in [4.78, 5) is 8.05. The maximum atomic E-state index is 12.9. The molecule has 19 heavy (non-hydrogen) atoms. The molecule has 98 valence electrons. The molecule has 1 unspecified atom stereocenters. The van der Waals surface area contributed by atoms with Crippen LogP contribution in [0.15, 0.2) is 23.0 Å². The number of nitrogens with one attached hydrogen (secondary N) is 1. The van der Waals surface area contributed by atoms with E-state index in [1.165, 1.54) is 6.07 Å². The molecule has 2 aromatic heterocycles. The number of hydrogen-bond donors (Lipinski definition) is 1. The lowest BCUT2D eigenvalue weighted by Crippen LogP contribution is -2.14. The van der Waals surface area contributed by atoms with Crippen molar-refractivity contribution >= 4 is 12.2 Å². The van der Waals surface area contributed by atoms with Crippen LogP contribution in [0.4, 0.5) is 4.39 Å². The smallest absolute Gasteiger partial charge is 0.250 e. The van der Waals surface area contributed by atoms with Gasteiger partial charge in [-0.3, -0.25) is 4.98 Å². The maximum absolute atomic E-state index is 12.9. The second-order valence-electron chi connectivity index (χ2n) is 4.41. The first kappa shape index (κ1) is 12.0. The Morgan fingerprint density at radius 2 is 2.32 bits per heavy atom. The van der Waals surface area contributed by atoms with E-state index in [1.54, 1.807) is 18.3 Å². The Hall–Kier alpha value is -2.08. The molecule has 0 aromatic carbocycles. The van der Waals surface area contributed by atoms with Crippen LogP contribution in [0.1, 0.15) is 36.2 Å². The quantitative estimate of drug-likeness (QED) is 0.916. The number of halogens is 1. The molecule has 5 nitrogen and oxygen atoms in total. The summed E-state index contributed by atoms with van der Waals surface area (Å²) in [6, 6.07) is 1.57. The topological polar surface area (TPSA) is 63.8 Å². The number of pyridine rings is 1. The molecule has 3 heterocycles. The van der Waals surface area contributed by atoms with Gasteiger partial charge in [0.05, 0.1) is 12.2 Å². The minimum atomic E-state index is -0.372. The lowest BCUT2D eigenvalue weighted by atomic mass is 10.2. The van der Waals surface area contributed by atoms with Crippen LogP contribution in [0, 0.1) is 5.82 Å². The van der Waals surface area contributed by atoms with E-state index in [0.717, 1.165) is 25.6 Å². The standard InChI is InChI=1S/C13H13FN4O/c14-10-6-9(7-15-8-10)3-4-12-17-13(18-19-12)11-2-1-5-16-11/h3-4,6-8,11,16H,1-2,5H2/b4-3+. The highest BCUT2D eigenvalue weighted by Gasteiger charge is 2.20. The zero-order chi connectivity index (χ0) is 13.1. The molecule has 0 saturated carbocycles. The molecule has 0 radical (unpaired) electrons. The average molecular weight is 260 g/mol. The molecular formula is C13H13FN4O. The Morgan fingerprint density at radius 1 is 1.37 bits per heavy atom. The van der Waals surface area contributed by atoms with Crippen molar-refractivity contribution in [3.63, 3.8) is 0 Å². The molecular weight excluding hydrogens is 247 g/mol. The molecule has 1 aliphatic rings. The molecule has 3 rings (SSSR count). The normalized spacial score (nSPS) is 19.3. The molecule has 6 heteroatoms. The summed E-state index contributed by atoms with van der Waals surface area (Å²) < 4.78 is 18.1. The van der Waals surface area contributed by atoms with Crippen molar-refractivity contribution in [2.45, 2.75) is 18.9 Å². The van der Waals surface area contributed by atoms with Crippen molar-refractivity contribution in [1.29, 1.82) is 0 Å². The van der Waals surface area contributed by atoms with Gasteiger partial charge in [0.15, 0.2) is 5.82 Å². The van der Waals surface area contributed by atoms with Gasteiger partial charge in [0.2, 0.25) is 0 Å². The van der Waals surface area contributed by atoms with E-state index in [4.69, 9.17) is 4.52 Å². The average Bonchev–Trinajstić information content (AvgIpc) is 3.07. The third-order valence-corrected chi connectivity index (χ3v) is 2.97. The zero-order valence-electron chi connectivity index (χ0n) is 10.2. The highest BCUT2D eigenvalue weighted by molar-refractivity contribution is 5.65. The van der Waals surface area contributed by atoms with Gasteiger partial charge in [-0.25, -0.2) is 4.39 Å². The molecule has 1 fully saturated rings. The first-order valence-electron chi connectivity index (χ1n) is 6.17. The van der Waals surface area contributed by atoms with Gasteiger partial charge in [-0.15, -0.1) is 0 Å². The fraction of sp³-hybridized carbons (Fsp3) is 0.308. The fourth-order valence-electron chi connectivity index (χ4n) is 2.05. The van der Waals surface area contributed by atoms with Crippen LogP contribution < -0.4 is 5.32 Å². The van der Waals surface area contributed by atoms with Gasteiger partial charge in [-0.2, -0.15) is 4.98 Å². The van der Waals surface area contributed by atoms with Crippen LogP contribution in [0.2, 0.25) is 0 Å². The Kier molecular flexibility index (Phi) is 3.33. The summed E-state index contributed by atoms with van der Waals surface area (Å²) in [7, 11) is 0. The third-order valence-electron chi connectivity index (χ3n) is 2.97. The molecule has 0 aliphatic carbocycles. The molecule has 0 amide bonds. The summed E-state index contributed by atoms with van der Waals surface area (Å²) in [5, 5.41) is 7.24. The van der Waals surface area contributed by atoms with Crippen molar-refractivity contribution in [2.75, 3.05) is 6.54 Å². The van der Waals surface area contributed by atoms with E-state index in [2.05, 4.69) is 20.4 Å². The SMILES string of the molecule is Fc1cncc(/C=C/c2nc(C3CCCN3)no2)c1. The van der Waals surface area contributed by atoms with Crippen molar-refractivity contribution in [2.24, 2.45) is 0 Å². The summed E-state index contributed by atoms with van der Waals surface area (Å²) in [6.45, 7) is 0.985. The molecule has 1 aliphatic heterocycles. The van der Waals surface area contributed by atoms with Crippen molar-refractivity contribution in [3.8, 4) is 0 Å². The second-order valence-corrected chi connectivity index (χ2v) is 4.41. The molecule has 0 bridgehead atoms. The molecule has 2 aromatic rings. The summed E-state index contributed by atoms with van der Waals surface area (Å²) >= 11 is 0. The summed E-state index contributed by atoms with van der Waals surface area (Å²) in [5.74, 6) is 0.714. The first-order chi connectivity index (χ1) is 9.31. The Bertz CT molecular complexity index is 590. The molecule has 0 spiro atoms. The summed E-state index contributed by atoms with van der Waals surface area (Å²) in [5.41, 5.74) is 0.652. The number of aromatic nitrogens is 3. The van der Waals surface area contributed by atoms with Crippen molar-refractivity contribution in [1.82, 2.24) is 20.4 Å². The van der Waals surface area contributed by atoms with Gasteiger partial charge in [0, 0.05) is 12.3 Å². The van der Waals surface area contributed by atoms with Gasteiger partial charge in [-0.05, 0) is 37.1 Å². The largest absolute Gasteiger partial charge is 0.335 e. The highest BCUT2D eigenvalue weighted by atomic mass is 19.1. The Labute approximate surface area is 109 Å². The maximum Gasteiger partial charge on any atom is 0.250 e. The van der Waals surface area contributed by atoms with E-state index in [-0.39, 0.29) is 11.9 Å². The van der Waals surface area contributed by atoms with Gasteiger partial charge >= 0.3 is 0 Å². The van der Waals surface area contributed by atoms with E-state index in [9.17, 15) is 4.39 Å². The predicted octanol–water partition coefficient (Wildman–Crippen LogP) is 2.20. The van der Waals surface area contributed by atoms with E-state index >= 15 is 0 Å². The Balaban J connectivity index is 1.73. The monoisotopic (exact) mass is 260 g/mol. The van der Waals surface area contributed by atoms with E-state index < -0.39 is 0 Å². The third kappa shape index (κ3) is 2.85. The number of nitrogens with zero attached hydrogens (tertiary/aromatic N) is 3. The first-order valence-corrected chi connectivity index (χ1v) is 6.17. The molecule has 1 atom stereocenters. The van der Waals surface area contributed by atoms with Crippen LogP contribution in [-0.4, -0.2) is 21.7 Å². The molecule has 1 saturated heterocycles.